The smallest absolute Gasteiger partial charge is 0.232 e. The summed E-state index contributed by atoms with van der Waals surface area (Å²) in [5.41, 5.74) is 2.03. The highest BCUT2D eigenvalue weighted by Crippen LogP contribution is 2.29. The lowest BCUT2D eigenvalue weighted by atomic mass is 10.1. The van der Waals surface area contributed by atoms with E-state index in [0.717, 1.165) is 49.3 Å². The monoisotopic (exact) mass is 353 g/mol. The van der Waals surface area contributed by atoms with Crippen molar-refractivity contribution in [3.63, 3.8) is 0 Å². The normalized spacial score (nSPS) is 19.5. The molecule has 2 aliphatic rings. The van der Waals surface area contributed by atoms with Crippen LogP contribution < -0.4 is 10.2 Å². The number of para-hydroxylation sites is 1. The van der Waals surface area contributed by atoms with Gasteiger partial charge in [-0.1, -0.05) is 25.1 Å². The van der Waals surface area contributed by atoms with Gasteiger partial charge < -0.3 is 4.90 Å². The molecule has 2 amide bonds. The van der Waals surface area contributed by atoms with E-state index in [1.165, 1.54) is 0 Å². The first-order valence-electron chi connectivity index (χ1n) is 9.28. The Bertz CT molecular complexity index is 844. The summed E-state index contributed by atoms with van der Waals surface area (Å²) in [4.78, 5) is 26.9. The van der Waals surface area contributed by atoms with Crippen molar-refractivity contribution in [1.82, 2.24) is 14.8 Å². The van der Waals surface area contributed by atoms with Gasteiger partial charge in [0.1, 0.15) is 5.82 Å². The summed E-state index contributed by atoms with van der Waals surface area (Å²) in [6.45, 7) is 3.30. The fourth-order valence-electron chi connectivity index (χ4n) is 3.80. The number of nitrogens with one attached hydrogen (secondary N) is 1. The molecule has 0 aliphatic carbocycles. The van der Waals surface area contributed by atoms with Gasteiger partial charge in [0.05, 0.1) is 5.92 Å². The Morgan fingerprint density at radius 2 is 2.12 bits per heavy atom. The van der Waals surface area contributed by atoms with Crippen LogP contribution in [0.1, 0.15) is 37.6 Å². The molecule has 1 fully saturated rings. The molecule has 2 aliphatic heterocycles. The number of fused-ring (bicyclic) bond motifs is 1. The number of amides is 2. The van der Waals surface area contributed by atoms with Gasteiger partial charge in [0.25, 0.3) is 0 Å². The number of anilines is 2. The second kappa shape index (κ2) is 6.90. The molecule has 1 aromatic carbocycles. The molecule has 26 heavy (non-hydrogen) atoms. The van der Waals surface area contributed by atoms with Crippen LogP contribution in [0.2, 0.25) is 0 Å². The predicted molar refractivity (Wildman–Crippen MR) is 97.9 cm³/mol. The first kappa shape index (κ1) is 16.8. The third-order valence-electron chi connectivity index (χ3n) is 5.25. The molecule has 7 heteroatoms. The molecule has 7 nitrogen and oxygen atoms in total. The Hall–Kier alpha value is -2.70. The van der Waals surface area contributed by atoms with Gasteiger partial charge in [0.2, 0.25) is 17.8 Å². The maximum atomic E-state index is 12.7. The number of hydrogen-bond acceptors (Lipinski definition) is 4. The van der Waals surface area contributed by atoms with Gasteiger partial charge in [-0.05, 0) is 30.9 Å². The quantitative estimate of drug-likeness (QED) is 0.913. The van der Waals surface area contributed by atoms with E-state index in [9.17, 15) is 9.59 Å². The molecule has 0 radical (unpaired) electrons. The lowest BCUT2D eigenvalue weighted by molar-refractivity contribution is -0.122. The number of rotatable bonds is 4. The van der Waals surface area contributed by atoms with Gasteiger partial charge in [-0.15, -0.1) is 10.2 Å². The molecule has 1 aromatic heterocycles. The number of nitrogens with zero attached hydrogens (tertiary/aromatic N) is 4. The predicted octanol–water partition coefficient (Wildman–Crippen LogP) is 2.17. The van der Waals surface area contributed by atoms with Crippen molar-refractivity contribution in [1.29, 1.82) is 0 Å². The minimum Gasteiger partial charge on any atom is -0.311 e. The van der Waals surface area contributed by atoms with E-state index in [1.807, 2.05) is 28.8 Å². The molecule has 1 unspecified atom stereocenters. The summed E-state index contributed by atoms with van der Waals surface area (Å²) in [7, 11) is 0. The van der Waals surface area contributed by atoms with Crippen molar-refractivity contribution in [2.75, 3.05) is 16.8 Å². The van der Waals surface area contributed by atoms with Crippen LogP contribution in [-0.4, -0.2) is 33.1 Å². The first-order valence-corrected chi connectivity index (χ1v) is 9.28. The Balaban J connectivity index is 1.48. The van der Waals surface area contributed by atoms with Gasteiger partial charge in [-0.2, -0.15) is 0 Å². The minimum absolute atomic E-state index is 0.00526. The SMILES string of the molecule is CCc1ccccc1N1CC(C(=O)Nc2nnc3n2CCCC3)CC1=O. The maximum Gasteiger partial charge on any atom is 0.232 e. The summed E-state index contributed by atoms with van der Waals surface area (Å²) in [5.74, 6) is 0.894. The van der Waals surface area contributed by atoms with Gasteiger partial charge >= 0.3 is 0 Å². The highest BCUT2D eigenvalue weighted by molar-refractivity contribution is 6.03. The number of aromatic nitrogens is 3. The molecule has 1 atom stereocenters. The molecule has 3 heterocycles. The molecule has 136 valence electrons. The van der Waals surface area contributed by atoms with Crippen LogP contribution in [0, 0.1) is 5.92 Å². The summed E-state index contributed by atoms with van der Waals surface area (Å²) in [5, 5.41) is 11.2. The highest BCUT2D eigenvalue weighted by atomic mass is 16.2. The van der Waals surface area contributed by atoms with Crippen LogP contribution in [0.15, 0.2) is 24.3 Å². The Morgan fingerprint density at radius 1 is 1.27 bits per heavy atom. The van der Waals surface area contributed by atoms with Crippen LogP contribution in [0.25, 0.3) is 0 Å². The molecule has 4 rings (SSSR count). The summed E-state index contributed by atoms with van der Waals surface area (Å²) >= 11 is 0. The van der Waals surface area contributed by atoms with Crippen molar-refractivity contribution in [3.8, 4) is 0 Å². The minimum atomic E-state index is -0.371. The van der Waals surface area contributed by atoms with E-state index in [2.05, 4.69) is 22.4 Å². The van der Waals surface area contributed by atoms with Crippen LogP contribution >= 0.6 is 0 Å². The van der Waals surface area contributed by atoms with Gasteiger partial charge in [-0.3, -0.25) is 19.5 Å². The fourth-order valence-corrected chi connectivity index (χ4v) is 3.80. The van der Waals surface area contributed by atoms with Gasteiger partial charge in [-0.25, -0.2) is 0 Å². The van der Waals surface area contributed by atoms with Crippen LogP contribution in [0.5, 0.6) is 0 Å². The topological polar surface area (TPSA) is 80.1 Å². The zero-order valence-corrected chi connectivity index (χ0v) is 14.9. The second-order valence-electron chi connectivity index (χ2n) is 6.93. The number of carbonyl (C=O) groups excluding carboxylic acids is 2. The van der Waals surface area contributed by atoms with Gasteiger partial charge in [0, 0.05) is 31.6 Å². The lowest BCUT2D eigenvalue weighted by Crippen LogP contribution is -2.29. The molecule has 0 saturated carbocycles. The fraction of sp³-hybridized carbons (Fsp3) is 0.474. The number of hydrogen-bond donors (Lipinski definition) is 1. The Labute approximate surface area is 152 Å². The third kappa shape index (κ3) is 2.98. The zero-order chi connectivity index (χ0) is 18.1. The summed E-state index contributed by atoms with van der Waals surface area (Å²) in [6, 6.07) is 7.88. The molecule has 0 spiro atoms. The Morgan fingerprint density at radius 3 is 2.96 bits per heavy atom. The number of carbonyl (C=O) groups is 2. The average Bonchev–Trinajstić information content (AvgIpc) is 3.25. The molecule has 1 N–H and O–H groups in total. The van der Waals surface area contributed by atoms with E-state index in [1.54, 1.807) is 4.90 Å². The highest BCUT2D eigenvalue weighted by Gasteiger charge is 2.36. The summed E-state index contributed by atoms with van der Waals surface area (Å²) in [6.07, 6.45) is 4.15. The van der Waals surface area contributed by atoms with E-state index >= 15 is 0 Å². The van der Waals surface area contributed by atoms with Crippen molar-refractivity contribution >= 4 is 23.5 Å². The van der Waals surface area contributed by atoms with Crippen molar-refractivity contribution < 1.29 is 9.59 Å². The first-order chi connectivity index (χ1) is 12.7. The number of aryl methyl sites for hydroxylation is 2. The van der Waals surface area contributed by atoms with Crippen LogP contribution in [0.4, 0.5) is 11.6 Å². The second-order valence-corrected chi connectivity index (χ2v) is 6.93. The van der Waals surface area contributed by atoms with Crippen molar-refractivity contribution in [3.05, 3.63) is 35.7 Å². The van der Waals surface area contributed by atoms with E-state index in [0.29, 0.717) is 12.5 Å². The summed E-state index contributed by atoms with van der Waals surface area (Å²) < 4.78 is 1.97. The van der Waals surface area contributed by atoms with Crippen LogP contribution in [-0.2, 0) is 29.0 Å². The number of benzene rings is 1. The van der Waals surface area contributed by atoms with Crippen LogP contribution in [0.3, 0.4) is 0 Å². The van der Waals surface area contributed by atoms with Crippen molar-refractivity contribution in [2.45, 2.75) is 45.6 Å². The van der Waals surface area contributed by atoms with E-state index < -0.39 is 0 Å². The lowest BCUT2D eigenvalue weighted by Gasteiger charge is -2.20. The average molecular weight is 353 g/mol. The third-order valence-corrected chi connectivity index (χ3v) is 5.25. The standard InChI is InChI=1S/C19H23N5O2/c1-2-13-7-3-4-8-15(13)24-12-14(11-17(24)25)18(26)20-19-22-21-16-9-5-6-10-23(16)19/h3-4,7-8,14H,2,5-6,9-12H2,1H3,(H,20,22,26). The van der Waals surface area contributed by atoms with Gasteiger partial charge in [0.15, 0.2) is 0 Å². The molecule has 0 bridgehead atoms. The maximum absolute atomic E-state index is 12.7. The zero-order valence-electron chi connectivity index (χ0n) is 14.9. The molecule has 2 aromatic rings. The molecular formula is C19H23N5O2. The van der Waals surface area contributed by atoms with E-state index in [4.69, 9.17) is 0 Å². The van der Waals surface area contributed by atoms with Crippen molar-refractivity contribution in [2.24, 2.45) is 5.92 Å². The van der Waals surface area contributed by atoms with E-state index in [-0.39, 0.29) is 24.2 Å². The largest absolute Gasteiger partial charge is 0.311 e. The molecular weight excluding hydrogens is 330 g/mol. The molecule has 1 saturated heterocycles. The Kier molecular flexibility index (Phi) is 4.44.